The molecular formula is C43H35IrN3O-2. The third-order valence-electron chi connectivity index (χ3n) is 8.46. The molecule has 8 aromatic rings. The second-order valence-corrected chi connectivity index (χ2v) is 12.1. The first-order valence-corrected chi connectivity index (χ1v) is 15.9. The summed E-state index contributed by atoms with van der Waals surface area (Å²) in [5, 5.41) is 1.05. The Labute approximate surface area is 295 Å². The van der Waals surface area contributed by atoms with Gasteiger partial charge in [0.25, 0.3) is 0 Å². The van der Waals surface area contributed by atoms with E-state index in [1.165, 1.54) is 27.8 Å². The average molecular weight is 802 g/mol. The van der Waals surface area contributed by atoms with E-state index in [1.54, 1.807) is 6.20 Å². The van der Waals surface area contributed by atoms with Crippen molar-refractivity contribution >= 4 is 22.0 Å². The largest absolute Gasteiger partial charge is 0.557 e. The van der Waals surface area contributed by atoms with Crippen LogP contribution < -0.4 is 0 Å². The summed E-state index contributed by atoms with van der Waals surface area (Å²) >= 11 is 0. The van der Waals surface area contributed by atoms with Gasteiger partial charge in [-0.2, -0.15) is 0 Å². The number of hydrogen-bond donors (Lipinski definition) is 0. The number of rotatable bonds is 5. The number of para-hydroxylation sites is 2. The van der Waals surface area contributed by atoms with E-state index in [2.05, 4.69) is 122 Å². The quantitative estimate of drug-likeness (QED) is 0.163. The van der Waals surface area contributed by atoms with Crippen LogP contribution in [-0.2, 0) is 20.1 Å². The predicted octanol–water partition coefficient (Wildman–Crippen LogP) is 11.2. The van der Waals surface area contributed by atoms with Gasteiger partial charge in [0, 0.05) is 43.8 Å². The molecular weight excluding hydrogens is 767 g/mol. The first-order valence-electron chi connectivity index (χ1n) is 15.9. The van der Waals surface area contributed by atoms with Crippen molar-refractivity contribution < 1.29 is 24.5 Å². The second kappa shape index (κ2) is 14.4. The zero-order chi connectivity index (χ0) is 32.3. The van der Waals surface area contributed by atoms with E-state index >= 15 is 0 Å². The number of imidazole rings is 1. The first-order chi connectivity index (χ1) is 23.0. The van der Waals surface area contributed by atoms with Gasteiger partial charge in [0.15, 0.2) is 0 Å². The molecule has 0 saturated carbocycles. The summed E-state index contributed by atoms with van der Waals surface area (Å²) in [6.45, 7) is 8.78. The maximum absolute atomic E-state index is 5.88. The van der Waals surface area contributed by atoms with Gasteiger partial charge in [0.2, 0.25) is 0 Å². The monoisotopic (exact) mass is 802 g/mol. The Balaban J connectivity index is 0.000000260. The van der Waals surface area contributed by atoms with Crippen molar-refractivity contribution in [1.29, 1.82) is 0 Å². The number of nitrogens with zero attached hydrogens (tertiary/aromatic N) is 3. The number of hydrogen-bond acceptors (Lipinski definition) is 3. The van der Waals surface area contributed by atoms with E-state index in [0.29, 0.717) is 5.92 Å². The van der Waals surface area contributed by atoms with Crippen LogP contribution in [0.3, 0.4) is 0 Å². The summed E-state index contributed by atoms with van der Waals surface area (Å²) in [4.78, 5) is 9.31. The molecule has 48 heavy (non-hydrogen) atoms. The van der Waals surface area contributed by atoms with E-state index in [0.717, 1.165) is 50.3 Å². The fourth-order valence-electron chi connectivity index (χ4n) is 6.12. The third-order valence-corrected chi connectivity index (χ3v) is 8.46. The maximum Gasteiger partial charge on any atom is 0.0774 e. The van der Waals surface area contributed by atoms with Crippen LogP contribution in [0.4, 0.5) is 0 Å². The number of aryl methyl sites for hydroxylation is 2. The molecule has 0 bridgehead atoms. The zero-order valence-electron chi connectivity index (χ0n) is 27.4. The van der Waals surface area contributed by atoms with Crippen LogP contribution in [0.25, 0.3) is 61.5 Å². The normalized spacial score (nSPS) is 10.9. The van der Waals surface area contributed by atoms with Gasteiger partial charge in [-0.1, -0.05) is 103 Å². The number of pyridine rings is 1. The van der Waals surface area contributed by atoms with Gasteiger partial charge in [0.1, 0.15) is 0 Å². The van der Waals surface area contributed by atoms with E-state index < -0.39 is 0 Å². The van der Waals surface area contributed by atoms with E-state index in [-0.39, 0.29) is 20.1 Å². The van der Waals surface area contributed by atoms with Gasteiger partial charge in [-0.05, 0) is 78.0 Å². The van der Waals surface area contributed by atoms with Crippen LogP contribution in [0.15, 0.2) is 138 Å². The smallest absolute Gasteiger partial charge is 0.0774 e. The molecule has 239 valence electrons. The van der Waals surface area contributed by atoms with Crippen LogP contribution in [0.2, 0.25) is 0 Å². The van der Waals surface area contributed by atoms with Crippen LogP contribution in [0.5, 0.6) is 0 Å². The summed E-state index contributed by atoms with van der Waals surface area (Å²) in [6.07, 6.45) is 4.97. The van der Waals surface area contributed by atoms with E-state index in [9.17, 15) is 0 Å². The SMILES string of the molecule is Cc1cc(-c2ccccc2)cc(C)c1-n1c(-c2[c-]oc3ccc(C(C)C)cc23)nc2ccccc21.[Ir].[c-]1ccccc1-c1ccccn1. The Bertz CT molecular complexity index is 2230. The van der Waals surface area contributed by atoms with E-state index in [1.807, 2.05) is 54.6 Å². The number of aromatic nitrogens is 3. The summed E-state index contributed by atoms with van der Waals surface area (Å²) in [5.74, 6) is 1.28. The second-order valence-electron chi connectivity index (χ2n) is 12.1. The molecule has 0 aliphatic carbocycles. The van der Waals surface area contributed by atoms with Crippen molar-refractivity contribution in [2.24, 2.45) is 0 Å². The fourth-order valence-corrected chi connectivity index (χ4v) is 6.12. The summed E-state index contributed by atoms with van der Waals surface area (Å²) in [6, 6.07) is 46.6. The van der Waals surface area contributed by atoms with Crippen molar-refractivity contribution in [1.82, 2.24) is 14.5 Å². The summed E-state index contributed by atoms with van der Waals surface area (Å²) in [7, 11) is 0. The molecule has 0 fully saturated rings. The van der Waals surface area contributed by atoms with Gasteiger partial charge in [-0.25, -0.2) is 0 Å². The molecule has 1 radical (unpaired) electrons. The number of fused-ring (bicyclic) bond motifs is 2. The number of benzene rings is 5. The van der Waals surface area contributed by atoms with Gasteiger partial charge in [-0.15, -0.1) is 35.9 Å². The van der Waals surface area contributed by atoms with Gasteiger partial charge >= 0.3 is 0 Å². The Kier molecular flexibility index (Phi) is 9.82. The van der Waals surface area contributed by atoms with E-state index in [4.69, 9.17) is 9.40 Å². The standard InChI is InChI=1S/C32H27N2O.C11H8N.Ir/c1-20(2)24-14-15-30-26(18-24)27(19-35-30)32-33-28-12-8-9-13-29(28)34(32)31-21(3)16-25(17-22(31)4)23-10-6-5-7-11-23;1-2-6-10(7-3-1)11-8-4-5-9-12-11;/h5-18,20H,1-4H3;1-6,8-9H;/q2*-1;. The van der Waals surface area contributed by atoms with Crippen LogP contribution >= 0.6 is 0 Å². The van der Waals surface area contributed by atoms with Crippen LogP contribution in [0.1, 0.15) is 36.5 Å². The first kappa shape index (κ1) is 32.8. The summed E-state index contributed by atoms with van der Waals surface area (Å²) < 4.78 is 8.16. The molecule has 0 aliphatic rings. The van der Waals surface area contributed by atoms with Crippen molar-refractivity contribution in [3.05, 3.63) is 163 Å². The molecule has 8 rings (SSSR count). The maximum atomic E-state index is 5.88. The Morgan fingerprint density at radius 1 is 0.729 bits per heavy atom. The molecule has 0 saturated heterocycles. The third kappa shape index (κ3) is 6.53. The molecule has 0 N–H and O–H groups in total. The molecule has 0 atom stereocenters. The minimum atomic E-state index is 0. The molecule has 5 aromatic carbocycles. The topological polar surface area (TPSA) is 43.9 Å². The number of furan rings is 1. The van der Waals surface area contributed by atoms with Gasteiger partial charge < -0.3 is 14.0 Å². The van der Waals surface area contributed by atoms with Crippen molar-refractivity contribution in [2.75, 3.05) is 0 Å². The molecule has 3 heterocycles. The molecule has 0 spiro atoms. The van der Waals surface area contributed by atoms with Crippen LogP contribution in [-0.4, -0.2) is 14.5 Å². The zero-order valence-corrected chi connectivity index (χ0v) is 29.8. The Morgan fingerprint density at radius 3 is 2.17 bits per heavy atom. The molecule has 0 unspecified atom stereocenters. The Hall–Kier alpha value is -5.09. The predicted molar refractivity (Wildman–Crippen MR) is 193 cm³/mol. The fraction of sp³-hybridized carbons (Fsp3) is 0.116. The molecule has 5 heteroatoms. The minimum Gasteiger partial charge on any atom is -0.557 e. The van der Waals surface area contributed by atoms with Gasteiger partial charge in [-0.3, -0.25) is 4.98 Å². The van der Waals surface area contributed by atoms with Gasteiger partial charge in [0.05, 0.1) is 16.9 Å². The molecule has 3 aromatic heterocycles. The molecule has 0 amide bonds. The molecule has 4 nitrogen and oxygen atoms in total. The Morgan fingerprint density at radius 2 is 1.46 bits per heavy atom. The molecule has 0 aliphatic heterocycles. The van der Waals surface area contributed by atoms with Crippen molar-refractivity contribution in [2.45, 2.75) is 33.6 Å². The minimum absolute atomic E-state index is 0. The van der Waals surface area contributed by atoms with Crippen molar-refractivity contribution in [3.63, 3.8) is 0 Å². The van der Waals surface area contributed by atoms with Crippen molar-refractivity contribution in [3.8, 4) is 39.5 Å². The van der Waals surface area contributed by atoms with Crippen LogP contribution in [0, 0.1) is 26.2 Å². The summed E-state index contributed by atoms with van der Waals surface area (Å²) in [5.41, 5.74) is 13.0. The average Bonchev–Trinajstić information content (AvgIpc) is 3.71.